The van der Waals surface area contributed by atoms with Crippen LogP contribution in [0.2, 0.25) is 0 Å². The van der Waals surface area contributed by atoms with Gasteiger partial charge in [-0.1, -0.05) is 0 Å². The molecule has 0 radical (unpaired) electrons. The number of aryl methyl sites for hydroxylation is 1. The summed E-state index contributed by atoms with van der Waals surface area (Å²) in [5.41, 5.74) is 1.78. The minimum Gasteiger partial charge on any atom is -0.289 e. The van der Waals surface area contributed by atoms with Gasteiger partial charge < -0.3 is 0 Å². The van der Waals surface area contributed by atoms with Crippen LogP contribution >= 0.6 is 13.5 Å². The largest absolute Gasteiger partial charge is 0.417 e. The standard InChI is InChI=1S/C19H16F3N5O.H2S/c1-11-7-13(5-6-23-11)15-9-25-27-12(2)10-26(18(28)17(15)27)16-4-3-14(8-24-16)19(20,21)22;/h3-9,12H,10H2,1-2H3;1H2/t12-;/m0./s1. The van der Waals surface area contributed by atoms with Crippen molar-refractivity contribution < 1.29 is 18.0 Å². The smallest absolute Gasteiger partial charge is 0.289 e. The molecule has 0 N–H and O–H groups in total. The van der Waals surface area contributed by atoms with Crippen molar-refractivity contribution >= 4 is 25.2 Å². The van der Waals surface area contributed by atoms with Crippen LogP contribution in [0.25, 0.3) is 11.1 Å². The summed E-state index contributed by atoms with van der Waals surface area (Å²) in [6, 6.07) is 5.63. The average molecular weight is 421 g/mol. The zero-order valence-corrected chi connectivity index (χ0v) is 16.6. The molecule has 6 nitrogen and oxygen atoms in total. The molecule has 1 amide bonds. The Morgan fingerprint density at radius 2 is 1.90 bits per heavy atom. The van der Waals surface area contributed by atoms with Crippen LogP contribution in [0.5, 0.6) is 0 Å². The number of hydrogen-bond donors (Lipinski definition) is 0. The summed E-state index contributed by atoms with van der Waals surface area (Å²) in [5.74, 6) is -0.179. The second kappa shape index (κ2) is 7.51. The molecule has 29 heavy (non-hydrogen) atoms. The Morgan fingerprint density at radius 1 is 1.14 bits per heavy atom. The van der Waals surface area contributed by atoms with Gasteiger partial charge in [0.05, 0.1) is 17.8 Å². The predicted octanol–water partition coefficient (Wildman–Crippen LogP) is 4.00. The van der Waals surface area contributed by atoms with Crippen LogP contribution in [0.15, 0.2) is 42.9 Å². The number of hydrogen-bond acceptors (Lipinski definition) is 4. The molecule has 10 heteroatoms. The molecule has 1 aliphatic heterocycles. The van der Waals surface area contributed by atoms with E-state index >= 15 is 0 Å². The van der Waals surface area contributed by atoms with E-state index in [9.17, 15) is 18.0 Å². The molecule has 152 valence electrons. The first kappa shape index (κ1) is 20.8. The summed E-state index contributed by atoms with van der Waals surface area (Å²) in [4.78, 5) is 22.6. The Morgan fingerprint density at radius 3 is 2.52 bits per heavy atom. The van der Waals surface area contributed by atoms with Gasteiger partial charge in [0.2, 0.25) is 0 Å². The maximum atomic E-state index is 13.2. The minimum atomic E-state index is -4.48. The number of halogens is 3. The van der Waals surface area contributed by atoms with Gasteiger partial charge in [0.25, 0.3) is 5.91 Å². The monoisotopic (exact) mass is 421 g/mol. The van der Waals surface area contributed by atoms with Gasteiger partial charge >= 0.3 is 6.18 Å². The van der Waals surface area contributed by atoms with Gasteiger partial charge in [0.15, 0.2) is 0 Å². The van der Waals surface area contributed by atoms with Crippen LogP contribution < -0.4 is 4.90 Å². The van der Waals surface area contributed by atoms with Gasteiger partial charge in [-0.3, -0.25) is 19.4 Å². The zero-order valence-electron chi connectivity index (χ0n) is 15.6. The fourth-order valence-corrected chi connectivity index (χ4v) is 3.30. The SMILES string of the molecule is Cc1cc(-c2cnn3c2C(=O)N(c2ccc(C(F)(F)F)cn2)C[C@@H]3C)ccn1.S. The van der Waals surface area contributed by atoms with Gasteiger partial charge in [-0.15, -0.1) is 0 Å². The molecule has 0 spiro atoms. The number of rotatable bonds is 2. The molecule has 1 atom stereocenters. The van der Waals surface area contributed by atoms with Crippen molar-refractivity contribution in [2.75, 3.05) is 11.4 Å². The van der Waals surface area contributed by atoms with E-state index in [0.29, 0.717) is 11.3 Å². The summed E-state index contributed by atoms with van der Waals surface area (Å²) >= 11 is 0. The summed E-state index contributed by atoms with van der Waals surface area (Å²) < 4.78 is 40.0. The number of carbonyl (C=O) groups is 1. The van der Waals surface area contributed by atoms with Crippen LogP contribution in [0, 0.1) is 6.92 Å². The number of anilines is 1. The molecule has 0 bridgehead atoms. The molecule has 1 aliphatic rings. The highest BCUT2D eigenvalue weighted by Crippen LogP contribution is 2.33. The van der Waals surface area contributed by atoms with Crippen molar-refractivity contribution in [1.29, 1.82) is 0 Å². The molecule has 3 aromatic heterocycles. The highest BCUT2D eigenvalue weighted by molar-refractivity contribution is 7.59. The van der Waals surface area contributed by atoms with Gasteiger partial charge in [0.1, 0.15) is 11.5 Å². The molecule has 4 heterocycles. The molecule has 0 aromatic carbocycles. The van der Waals surface area contributed by atoms with Crippen molar-refractivity contribution in [2.45, 2.75) is 26.1 Å². The highest BCUT2D eigenvalue weighted by Gasteiger charge is 2.35. The molecule has 0 unspecified atom stereocenters. The van der Waals surface area contributed by atoms with Crippen molar-refractivity contribution in [3.8, 4) is 11.1 Å². The topological polar surface area (TPSA) is 63.9 Å². The molecule has 0 saturated heterocycles. The lowest BCUT2D eigenvalue weighted by atomic mass is 10.0. The van der Waals surface area contributed by atoms with E-state index in [2.05, 4.69) is 15.1 Å². The molecule has 0 saturated carbocycles. The van der Waals surface area contributed by atoms with E-state index in [0.717, 1.165) is 23.5 Å². The third-order valence-electron chi connectivity index (χ3n) is 4.67. The number of fused-ring (bicyclic) bond motifs is 1. The van der Waals surface area contributed by atoms with Gasteiger partial charge in [0, 0.05) is 30.2 Å². The zero-order chi connectivity index (χ0) is 20.1. The number of nitrogens with zero attached hydrogens (tertiary/aromatic N) is 5. The molecular weight excluding hydrogens is 403 g/mol. The van der Waals surface area contributed by atoms with E-state index in [1.54, 1.807) is 23.1 Å². The van der Waals surface area contributed by atoms with Crippen molar-refractivity contribution in [3.05, 3.63) is 59.8 Å². The fraction of sp³-hybridized carbons (Fsp3) is 0.263. The van der Waals surface area contributed by atoms with Crippen molar-refractivity contribution in [1.82, 2.24) is 19.7 Å². The predicted molar refractivity (Wildman–Crippen MR) is 106 cm³/mol. The lowest BCUT2D eigenvalue weighted by molar-refractivity contribution is -0.137. The van der Waals surface area contributed by atoms with Gasteiger partial charge in [-0.2, -0.15) is 31.8 Å². The van der Waals surface area contributed by atoms with E-state index in [-0.39, 0.29) is 37.8 Å². The van der Waals surface area contributed by atoms with Crippen molar-refractivity contribution in [2.24, 2.45) is 0 Å². The van der Waals surface area contributed by atoms with Crippen LogP contribution in [0.3, 0.4) is 0 Å². The fourth-order valence-electron chi connectivity index (χ4n) is 3.30. The molecule has 3 aromatic rings. The van der Waals surface area contributed by atoms with Gasteiger partial charge in [-0.25, -0.2) is 4.98 Å². The Balaban J connectivity index is 0.00000240. The third-order valence-corrected chi connectivity index (χ3v) is 4.67. The maximum Gasteiger partial charge on any atom is 0.417 e. The summed E-state index contributed by atoms with van der Waals surface area (Å²) in [6.45, 7) is 4.00. The summed E-state index contributed by atoms with van der Waals surface area (Å²) in [6.07, 6.45) is -0.453. The summed E-state index contributed by atoms with van der Waals surface area (Å²) in [5, 5.41) is 4.35. The number of aromatic nitrogens is 4. The highest BCUT2D eigenvalue weighted by atomic mass is 32.1. The van der Waals surface area contributed by atoms with E-state index in [1.807, 2.05) is 19.9 Å². The van der Waals surface area contributed by atoms with Crippen molar-refractivity contribution in [3.63, 3.8) is 0 Å². The second-order valence-electron chi connectivity index (χ2n) is 6.70. The lowest BCUT2D eigenvalue weighted by Crippen LogP contribution is -2.43. The molecule has 0 aliphatic carbocycles. The average Bonchev–Trinajstić information content (AvgIpc) is 3.10. The molecule has 0 fully saturated rings. The maximum absolute atomic E-state index is 13.2. The van der Waals surface area contributed by atoms with Crippen LogP contribution in [-0.4, -0.2) is 32.2 Å². The Labute approximate surface area is 171 Å². The molecule has 4 rings (SSSR count). The Kier molecular flexibility index (Phi) is 5.40. The minimum absolute atomic E-state index is 0. The second-order valence-corrected chi connectivity index (χ2v) is 6.70. The Bertz CT molecular complexity index is 1050. The first-order chi connectivity index (χ1) is 13.3. The molecular formula is C19H18F3N5OS. The number of alkyl halides is 3. The van der Waals surface area contributed by atoms with Crippen LogP contribution in [0.4, 0.5) is 19.0 Å². The lowest BCUT2D eigenvalue weighted by Gasteiger charge is -2.31. The van der Waals surface area contributed by atoms with Gasteiger partial charge in [-0.05, 0) is 43.7 Å². The van der Waals surface area contributed by atoms with E-state index in [1.165, 1.54) is 11.0 Å². The van der Waals surface area contributed by atoms with E-state index < -0.39 is 11.7 Å². The third kappa shape index (κ3) is 3.71. The van der Waals surface area contributed by atoms with Crippen LogP contribution in [-0.2, 0) is 6.18 Å². The normalized spacial score (nSPS) is 16.4. The number of amides is 1. The Hall–Kier alpha value is -2.88. The quantitative estimate of drug-likeness (QED) is 0.628. The first-order valence-corrected chi connectivity index (χ1v) is 8.61. The number of pyridine rings is 2. The summed E-state index contributed by atoms with van der Waals surface area (Å²) in [7, 11) is 0. The first-order valence-electron chi connectivity index (χ1n) is 8.61. The number of carbonyl (C=O) groups excluding carboxylic acids is 1. The van der Waals surface area contributed by atoms with Crippen LogP contribution in [0.1, 0.15) is 34.7 Å². The van der Waals surface area contributed by atoms with E-state index in [4.69, 9.17) is 0 Å².